The standard InChI is InChI=1S/C10H12BrN3/c1-7-8(11)9(14-13-7)10(2)5-3-4-6-12-10/h3-6,12H,1-2H3,(H,13,14). The Morgan fingerprint density at radius 2 is 2.21 bits per heavy atom. The number of nitrogens with zero attached hydrogens (tertiary/aromatic N) is 1. The Morgan fingerprint density at radius 1 is 1.43 bits per heavy atom. The normalized spacial score (nSPS) is 25.1. The van der Waals surface area contributed by atoms with Crippen LogP contribution in [0.15, 0.2) is 28.9 Å². The number of halogens is 1. The third-order valence-corrected chi connectivity index (χ3v) is 3.35. The van der Waals surface area contributed by atoms with Crippen molar-refractivity contribution in [1.29, 1.82) is 0 Å². The summed E-state index contributed by atoms with van der Waals surface area (Å²) in [5.41, 5.74) is 1.81. The fraction of sp³-hybridized carbons (Fsp3) is 0.300. The van der Waals surface area contributed by atoms with Gasteiger partial charge in [-0.3, -0.25) is 5.10 Å². The number of aromatic amines is 1. The Kier molecular flexibility index (Phi) is 2.23. The third-order valence-electron chi connectivity index (χ3n) is 2.38. The van der Waals surface area contributed by atoms with E-state index < -0.39 is 0 Å². The van der Waals surface area contributed by atoms with Gasteiger partial charge in [0.2, 0.25) is 0 Å². The number of aryl methyl sites for hydroxylation is 1. The maximum absolute atomic E-state index is 4.29. The molecule has 0 saturated heterocycles. The quantitative estimate of drug-likeness (QED) is 0.807. The van der Waals surface area contributed by atoms with Crippen LogP contribution in [-0.4, -0.2) is 10.2 Å². The highest BCUT2D eigenvalue weighted by molar-refractivity contribution is 9.10. The van der Waals surface area contributed by atoms with Crippen molar-refractivity contribution >= 4 is 15.9 Å². The Bertz CT molecular complexity index is 405. The fourth-order valence-corrected chi connectivity index (χ4v) is 2.07. The molecule has 0 spiro atoms. The van der Waals surface area contributed by atoms with Crippen LogP contribution in [0.2, 0.25) is 0 Å². The summed E-state index contributed by atoms with van der Waals surface area (Å²) in [5.74, 6) is 0. The first-order valence-corrected chi connectivity index (χ1v) is 5.26. The predicted molar refractivity (Wildman–Crippen MR) is 59.8 cm³/mol. The topological polar surface area (TPSA) is 40.7 Å². The van der Waals surface area contributed by atoms with E-state index in [1.165, 1.54) is 0 Å². The molecule has 74 valence electrons. The van der Waals surface area contributed by atoms with Crippen LogP contribution in [0.5, 0.6) is 0 Å². The number of dihydropyridines is 1. The number of H-pyrrole nitrogens is 1. The van der Waals surface area contributed by atoms with Gasteiger partial charge in [0, 0.05) is 5.69 Å². The first kappa shape index (κ1) is 9.52. The smallest absolute Gasteiger partial charge is 0.106 e. The highest BCUT2D eigenvalue weighted by Crippen LogP contribution is 2.30. The predicted octanol–water partition coefficient (Wildman–Crippen LogP) is 2.37. The average Bonchev–Trinajstić information content (AvgIpc) is 2.49. The van der Waals surface area contributed by atoms with Gasteiger partial charge >= 0.3 is 0 Å². The lowest BCUT2D eigenvalue weighted by Gasteiger charge is -2.27. The van der Waals surface area contributed by atoms with E-state index in [1.54, 1.807) is 0 Å². The molecule has 2 N–H and O–H groups in total. The van der Waals surface area contributed by atoms with Crippen LogP contribution in [0.1, 0.15) is 18.3 Å². The summed E-state index contributed by atoms with van der Waals surface area (Å²) < 4.78 is 1.03. The van der Waals surface area contributed by atoms with Crippen molar-refractivity contribution in [2.45, 2.75) is 19.4 Å². The molecule has 4 heteroatoms. The lowest BCUT2D eigenvalue weighted by Crippen LogP contribution is -2.35. The van der Waals surface area contributed by atoms with E-state index in [2.05, 4.69) is 44.4 Å². The SMILES string of the molecule is Cc1[nH]nc(C2(C)C=CC=CN2)c1Br. The molecule has 0 aromatic carbocycles. The monoisotopic (exact) mass is 253 g/mol. The molecule has 1 aromatic rings. The Morgan fingerprint density at radius 3 is 2.71 bits per heavy atom. The summed E-state index contributed by atoms with van der Waals surface area (Å²) in [5, 5.41) is 10.5. The minimum Gasteiger partial charge on any atom is -0.377 e. The van der Waals surface area contributed by atoms with E-state index in [0.717, 1.165) is 15.9 Å². The van der Waals surface area contributed by atoms with Gasteiger partial charge in [-0.05, 0) is 42.1 Å². The molecule has 0 radical (unpaired) electrons. The zero-order valence-corrected chi connectivity index (χ0v) is 9.72. The van der Waals surface area contributed by atoms with Crippen LogP contribution in [0.25, 0.3) is 0 Å². The zero-order valence-electron chi connectivity index (χ0n) is 8.13. The molecule has 0 saturated carbocycles. The summed E-state index contributed by atoms with van der Waals surface area (Å²) in [6.07, 6.45) is 8.01. The minimum atomic E-state index is -0.224. The summed E-state index contributed by atoms with van der Waals surface area (Å²) in [4.78, 5) is 0. The molecule has 0 bridgehead atoms. The Labute approximate surface area is 91.4 Å². The van der Waals surface area contributed by atoms with Gasteiger partial charge in [0.1, 0.15) is 5.69 Å². The number of allylic oxidation sites excluding steroid dienone is 2. The maximum Gasteiger partial charge on any atom is 0.106 e. The zero-order chi connectivity index (χ0) is 10.2. The van der Waals surface area contributed by atoms with Gasteiger partial charge < -0.3 is 5.32 Å². The number of rotatable bonds is 1. The van der Waals surface area contributed by atoms with Crippen molar-refractivity contribution in [2.24, 2.45) is 0 Å². The molecule has 2 heterocycles. The highest BCUT2D eigenvalue weighted by Gasteiger charge is 2.28. The van der Waals surface area contributed by atoms with Crippen molar-refractivity contribution in [2.75, 3.05) is 0 Å². The lowest BCUT2D eigenvalue weighted by molar-refractivity contribution is 0.504. The van der Waals surface area contributed by atoms with Crippen LogP contribution < -0.4 is 5.32 Å². The van der Waals surface area contributed by atoms with Gasteiger partial charge in [0.05, 0.1) is 10.0 Å². The van der Waals surface area contributed by atoms with Crippen LogP contribution in [0, 0.1) is 6.92 Å². The number of nitrogens with one attached hydrogen (secondary N) is 2. The van der Waals surface area contributed by atoms with E-state index in [9.17, 15) is 0 Å². The van der Waals surface area contributed by atoms with Crippen LogP contribution >= 0.6 is 15.9 Å². The first-order chi connectivity index (χ1) is 6.63. The van der Waals surface area contributed by atoms with Crippen LogP contribution in [-0.2, 0) is 5.54 Å². The summed E-state index contributed by atoms with van der Waals surface area (Å²) in [6.45, 7) is 4.08. The molecule has 0 amide bonds. The minimum absolute atomic E-state index is 0.224. The molecule has 1 aromatic heterocycles. The number of hydrogen-bond acceptors (Lipinski definition) is 2. The number of aromatic nitrogens is 2. The second kappa shape index (κ2) is 3.28. The van der Waals surface area contributed by atoms with E-state index in [-0.39, 0.29) is 5.54 Å². The highest BCUT2D eigenvalue weighted by atomic mass is 79.9. The molecular weight excluding hydrogens is 242 g/mol. The third kappa shape index (κ3) is 1.39. The van der Waals surface area contributed by atoms with Crippen molar-refractivity contribution < 1.29 is 0 Å². The van der Waals surface area contributed by atoms with Crippen molar-refractivity contribution in [3.63, 3.8) is 0 Å². The molecule has 1 aliphatic heterocycles. The molecule has 3 nitrogen and oxygen atoms in total. The van der Waals surface area contributed by atoms with Crippen LogP contribution in [0.3, 0.4) is 0 Å². The molecule has 1 aliphatic rings. The molecule has 1 unspecified atom stereocenters. The summed E-state index contributed by atoms with van der Waals surface area (Å²) in [7, 11) is 0. The maximum atomic E-state index is 4.29. The fourth-order valence-electron chi connectivity index (χ4n) is 1.48. The molecule has 14 heavy (non-hydrogen) atoms. The lowest BCUT2D eigenvalue weighted by atomic mass is 9.95. The van der Waals surface area contributed by atoms with E-state index in [1.807, 2.05) is 25.3 Å². The second-order valence-corrected chi connectivity index (χ2v) is 4.37. The van der Waals surface area contributed by atoms with Crippen molar-refractivity contribution in [3.05, 3.63) is 40.3 Å². The van der Waals surface area contributed by atoms with Gasteiger partial charge in [0.25, 0.3) is 0 Å². The second-order valence-electron chi connectivity index (χ2n) is 3.58. The molecule has 2 rings (SSSR count). The van der Waals surface area contributed by atoms with E-state index >= 15 is 0 Å². The van der Waals surface area contributed by atoms with Crippen molar-refractivity contribution in [1.82, 2.24) is 15.5 Å². The molecule has 0 fully saturated rings. The Hall–Kier alpha value is -1.03. The Balaban J connectivity index is 2.44. The van der Waals surface area contributed by atoms with Crippen molar-refractivity contribution in [3.8, 4) is 0 Å². The summed E-state index contributed by atoms with van der Waals surface area (Å²) in [6, 6.07) is 0. The largest absolute Gasteiger partial charge is 0.377 e. The van der Waals surface area contributed by atoms with E-state index in [0.29, 0.717) is 0 Å². The van der Waals surface area contributed by atoms with Crippen LogP contribution in [0.4, 0.5) is 0 Å². The number of hydrogen-bond donors (Lipinski definition) is 2. The van der Waals surface area contributed by atoms with Gasteiger partial charge in [-0.1, -0.05) is 12.2 Å². The van der Waals surface area contributed by atoms with Gasteiger partial charge in [0.15, 0.2) is 0 Å². The van der Waals surface area contributed by atoms with E-state index in [4.69, 9.17) is 0 Å². The first-order valence-electron chi connectivity index (χ1n) is 4.46. The molecule has 0 aliphatic carbocycles. The molecule has 1 atom stereocenters. The molecular formula is C10H12BrN3. The van der Waals surface area contributed by atoms with Gasteiger partial charge in [-0.2, -0.15) is 5.10 Å². The van der Waals surface area contributed by atoms with Gasteiger partial charge in [-0.25, -0.2) is 0 Å². The summed E-state index contributed by atoms with van der Waals surface area (Å²) >= 11 is 3.53. The average molecular weight is 254 g/mol. The van der Waals surface area contributed by atoms with Gasteiger partial charge in [-0.15, -0.1) is 0 Å².